The van der Waals surface area contributed by atoms with Crippen LogP contribution in [0.5, 0.6) is 0 Å². The molecule has 6 heteroatoms. The average Bonchev–Trinajstić information content (AvgIpc) is 2.65. The van der Waals surface area contributed by atoms with E-state index >= 15 is 0 Å². The summed E-state index contributed by atoms with van der Waals surface area (Å²) in [7, 11) is 0. The van der Waals surface area contributed by atoms with Gasteiger partial charge in [-0.3, -0.25) is 4.79 Å². The van der Waals surface area contributed by atoms with E-state index in [-0.39, 0.29) is 5.91 Å². The SMILES string of the molecule is O=C(Nc1ccc(Cl)cc1Cl)c1ccc(NCCc2ccccc2)cn1. The summed E-state index contributed by atoms with van der Waals surface area (Å²) in [6, 6.07) is 18.6. The lowest BCUT2D eigenvalue weighted by atomic mass is 10.1. The number of carbonyl (C=O) groups excluding carboxylic acids is 1. The minimum Gasteiger partial charge on any atom is -0.383 e. The van der Waals surface area contributed by atoms with Gasteiger partial charge in [-0.1, -0.05) is 53.5 Å². The molecule has 0 aliphatic rings. The first-order valence-corrected chi connectivity index (χ1v) is 8.88. The molecule has 3 aromatic rings. The molecule has 0 saturated heterocycles. The van der Waals surface area contributed by atoms with Crippen molar-refractivity contribution in [1.82, 2.24) is 4.98 Å². The van der Waals surface area contributed by atoms with E-state index in [0.29, 0.717) is 21.4 Å². The Hall–Kier alpha value is -2.56. The summed E-state index contributed by atoms with van der Waals surface area (Å²) in [6.07, 6.45) is 2.56. The van der Waals surface area contributed by atoms with Crippen molar-refractivity contribution in [2.75, 3.05) is 17.2 Å². The third-order valence-corrected chi connectivity index (χ3v) is 4.31. The van der Waals surface area contributed by atoms with Gasteiger partial charge in [0.2, 0.25) is 0 Å². The van der Waals surface area contributed by atoms with Gasteiger partial charge in [-0.2, -0.15) is 0 Å². The van der Waals surface area contributed by atoms with E-state index in [9.17, 15) is 4.79 Å². The molecule has 0 atom stereocenters. The summed E-state index contributed by atoms with van der Waals surface area (Å²) < 4.78 is 0. The van der Waals surface area contributed by atoms with E-state index in [4.69, 9.17) is 23.2 Å². The fourth-order valence-corrected chi connectivity index (χ4v) is 2.86. The zero-order valence-electron chi connectivity index (χ0n) is 13.9. The average molecular weight is 386 g/mol. The Morgan fingerprint density at radius 2 is 1.81 bits per heavy atom. The van der Waals surface area contributed by atoms with E-state index in [0.717, 1.165) is 18.7 Å². The van der Waals surface area contributed by atoms with Crippen molar-refractivity contribution in [1.29, 1.82) is 0 Å². The number of hydrogen-bond donors (Lipinski definition) is 2. The molecule has 0 fully saturated rings. The largest absolute Gasteiger partial charge is 0.383 e. The number of nitrogens with zero attached hydrogens (tertiary/aromatic N) is 1. The standard InChI is InChI=1S/C20H17Cl2N3O/c21-15-6-8-18(17(22)12-15)25-20(26)19-9-7-16(13-24-19)23-11-10-14-4-2-1-3-5-14/h1-9,12-13,23H,10-11H2,(H,25,26). The molecule has 1 heterocycles. The summed E-state index contributed by atoms with van der Waals surface area (Å²) in [5.74, 6) is -0.329. The maximum Gasteiger partial charge on any atom is 0.274 e. The van der Waals surface area contributed by atoms with Gasteiger partial charge in [-0.05, 0) is 42.3 Å². The van der Waals surface area contributed by atoms with E-state index in [2.05, 4.69) is 27.8 Å². The van der Waals surface area contributed by atoms with Gasteiger partial charge in [-0.25, -0.2) is 4.98 Å². The van der Waals surface area contributed by atoms with Crippen LogP contribution in [0.25, 0.3) is 0 Å². The topological polar surface area (TPSA) is 54.0 Å². The van der Waals surface area contributed by atoms with Crippen LogP contribution in [0.4, 0.5) is 11.4 Å². The third-order valence-electron chi connectivity index (χ3n) is 3.76. The van der Waals surface area contributed by atoms with Gasteiger partial charge in [0, 0.05) is 11.6 Å². The Morgan fingerprint density at radius 3 is 2.50 bits per heavy atom. The van der Waals surface area contributed by atoms with Crippen LogP contribution >= 0.6 is 23.2 Å². The van der Waals surface area contributed by atoms with Gasteiger partial charge >= 0.3 is 0 Å². The van der Waals surface area contributed by atoms with Crippen LogP contribution in [-0.4, -0.2) is 17.4 Å². The molecule has 0 unspecified atom stereocenters. The molecule has 2 N–H and O–H groups in total. The molecule has 1 aromatic heterocycles. The van der Waals surface area contributed by atoms with Crippen LogP contribution in [0.15, 0.2) is 66.9 Å². The number of benzene rings is 2. The Bertz CT molecular complexity index is 883. The summed E-state index contributed by atoms with van der Waals surface area (Å²) in [6.45, 7) is 0.789. The Kier molecular flexibility index (Phi) is 6.10. The summed E-state index contributed by atoms with van der Waals surface area (Å²) in [4.78, 5) is 16.5. The van der Waals surface area contributed by atoms with Crippen molar-refractivity contribution >= 4 is 40.5 Å². The Balaban J connectivity index is 1.55. The highest BCUT2D eigenvalue weighted by Crippen LogP contribution is 2.25. The number of rotatable bonds is 6. The Morgan fingerprint density at radius 1 is 1.00 bits per heavy atom. The van der Waals surface area contributed by atoms with Crippen LogP contribution in [0.2, 0.25) is 10.0 Å². The second kappa shape index (κ2) is 8.70. The first kappa shape index (κ1) is 18.2. The normalized spacial score (nSPS) is 10.4. The number of nitrogens with one attached hydrogen (secondary N) is 2. The van der Waals surface area contributed by atoms with Crippen LogP contribution in [0.3, 0.4) is 0 Å². The minimum absolute atomic E-state index is 0.310. The number of anilines is 2. The maximum atomic E-state index is 12.3. The lowest BCUT2D eigenvalue weighted by Gasteiger charge is -2.09. The van der Waals surface area contributed by atoms with E-state index < -0.39 is 0 Å². The number of carbonyl (C=O) groups is 1. The predicted molar refractivity (Wildman–Crippen MR) is 107 cm³/mol. The zero-order chi connectivity index (χ0) is 18.4. The number of halogens is 2. The van der Waals surface area contributed by atoms with Gasteiger partial charge < -0.3 is 10.6 Å². The van der Waals surface area contributed by atoms with E-state index in [1.807, 2.05) is 24.3 Å². The summed E-state index contributed by atoms with van der Waals surface area (Å²) in [5, 5.41) is 6.91. The second-order valence-electron chi connectivity index (χ2n) is 5.67. The van der Waals surface area contributed by atoms with Gasteiger partial charge in [0.1, 0.15) is 5.69 Å². The molecule has 0 spiro atoms. The Labute approximate surface area is 162 Å². The van der Waals surface area contributed by atoms with Gasteiger partial charge in [0.05, 0.1) is 22.6 Å². The lowest BCUT2D eigenvalue weighted by Crippen LogP contribution is -2.14. The van der Waals surface area contributed by atoms with E-state index in [1.54, 1.807) is 30.5 Å². The van der Waals surface area contributed by atoms with Crippen LogP contribution in [-0.2, 0) is 6.42 Å². The zero-order valence-corrected chi connectivity index (χ0v) is 15.4. The highest BCUT2D eigenvalue weighted by atomic mass is 35.5. The first-order chi connectivity index (χ1) is 12.6. The molecule has 0 aliphatic heterocycles. The van der Waals surface area contributed by atoms with Crippen LogP contribution in [0, 0.1) is 0 Å². The number of aromatic nitrogens is 1. The molecule has 0 bridgehead atoms. The number of hydrogen-bond acceptors (Lipinski definition) is 3. The lowest BCUT2D eigenvalue weighted by molar-refractivity contribution is 0.102. The highest BCUT2D eigenvalue weighted by molar-refractivity contribution is 6.36. The minimum atomic E-state index is -0.329. The fraction of sp³-hybridized carbons (Fsp3) is 0.100. The molecule has 132 valence electrons. The highest BCUT2D eigenvalue weighted by Gasteiger charge is 2.10. The van der Waals surface area contributed by atoms with E-state index in [1.165, 1.54) is 5.56 Å². The van der Waals surface area contributed by atoms with Crippen molar-refractivity contribution in [3.63, 3.8) is 0 Å². The van der Waals surface area contributed by atoms with Gasteiger partial charge in [-0.15, -0.1) is 0 Å². The maximum absolute atomic E-state index is 12.3. The fourth-order valence-electron chi connectivity index (χ4n) is 2.41. The molecule has 26 heavy (non-hydrogen) atoms. The molecule has 0 saturated carbocycles. The van der Waals surface area contributed by atoms with Crippen molar-refractivity contribution in [3.8, 4) is 0 Å². The summed E-state index contributed by atoms with van der Waals surface area (Å²) >= 11 is 11.9. The number of pyridine rings is 1. The molecule has 0 radical (unpaired) electrons. The molecular formula is C20H17Cl2N3O. The molecule has 4 nitrogen and oxygen atoms in total. The van der Waals surface area contributed by atoms with Crippen molar-refractivity contribution in [2.45, 2.75) is 6.42 Å². The van der Waals surface area contributed by atoms with Gasteiger partial charge in [0.15, 0.2) is 0 Å². The van der Waals surface area contributed by atoms with Crippen molar-refractivity contribution < 1.29 is 4.79 Å². The smallest absolute Gasteiger partial charge is 0.274 e. The molecule has 3 rings (SSSR count). The molecule has 1 amide bonds. The molecule has 2 aromatic carbocycles. The monoisotopic (exact) mass is 385 g/mol. The second-order valence-corrected chi connectivity index (χ2v) is 6.52. The van der Waals surface area contributed by atoms with Gasteiger partial charge in [0.25, 0.3) is 5.91 Å². The van der Waals surface area contributed by atoms with Crippen molar-refractivity contribution in [2.24, 2.45) is 0 Å². The van der Waals surface area contributed by atoms with Crippen LogP contribution < -0.4 is 10.6 Å². The molecular weight excluding hydrogens is 369 g/mol. The third kappa shape index (κ3) is 4.97. The molecule has 0 aliphatic carbocycles. The summed E-state index contributed by atoms with van der Waals surface area (Å²) in [5.41, 5.74) is 2.93. The number of amides is 1. The quantitative estimate of drug-likeness (QED) is 0.605. The van der Waals surface area contributed by atoms with Crippen LogP contribution in [0.1, 0.15) is 16.1 Å². The first-order valence-electron chi connectivity index (χ1n) is 8.12. The van der Waals surface area contributed by atoms with Crippen molar-refractivity contribution in [3.05, 3.63) is 88.2 Å². The predicted octanol–water partition coefficient (Wildman–Crippen LogP) is 5.30.